The fraction of sp³-hybridized carbons (Fsp3) is 0.333. The Hall–Kier alpha value is -1.25. The maximum absolute atomic E-state index is 4.59. The minimum absolute atomic E-state index is 0.672. The maximum Gasteiger partial charge on any atom is 0.225 e. The fourth-order valence-corrected chi connectivity index (χ4v) is 4.50. The van der Waals surface area contributed by atoms with Gasteiger partial charge in [-0.25, -0.2) is 9.97 Å². The molecule has 0 saturated carbocycles. The molecule has 3 aromatic heterocycles. The normalized spacial score (nSPS) is 11.2. The minimum Gasteiger partial charge on any atom is -0.354 e. The second-order valence-corrected chi connectivity index (χ2v) is 7.80. The van der Waals surface area contributed by atoms with Gasteiger partial charge in [-0.15, -0.1) is 21.5 Å². The number of fused-ring (bicyclic) bond motifs is 1. The molecule has 8 heteroatoms. The third kappa shape index (κ3) is 2.77. The van der Waals surface area contributed by atoms with E-state index >= 15 is 0 Å². The highest BCUT2D eigenvalue weighted by Crippen LogP contribution is 2.36. The van der Waals surface area contributed by atoms with E-state index in [1.807, 2.05) is 13.8 Å². The largest absolute Gasteiger partial charge is 0.354 e. The van der Waals surface area contributed by atoms with Crippen LogP contribution in [0.2, 0.25) is 0 Å². The predicted octanol–water partition coefficient (Wildman–Crippen LogP) is 3.74. The van der Waals surface area contributed by atoms with Crippen molar-refractivity contribution >= 4 is 50.6 Å². The molecule has 0 aromatic carbocycles. The number of anilines is 1. The summed E-state index contributed by atoms with van der Waals surface area (Å²) < 4.78 is 0.911. The molecule has 0 unspecified atom stereocenters. The van der Waals surface area contributed by atoms with E-state index in [4.69, 9.17) is 0 Å². The van der Waals surface area contributed by atoms with Gasteiger partial charge in [0.2, 0.25) is 5.95 Å². The lowest BCUT2D eigenvalue weighted by molar-refractivity contribution is 0.980. The molecule has 0 aliphatic heterocycles. The molecule has 0 saturated heterocycles. The zero-order chi connectivity index (χ0) is 14.1. The summed E-state index contributed by atoms with van der Waals surface area (Å²) in [6, 6.07) is 2.13. The monoisotopic (exact) mass is 323 g/mol. The van der Waals surface area contributed by atoms with Gasteiger partial charge < -0.3 is 5.32 Å². The molecule has 3 heterocycles. The first kappa shape index (κ1) is 13.7. The molecule has 0 radical (unpaired) electrons. The van der Waals surface area contributed by atoms with Crippen LogP contribution in [0.15, 0.2) is 15.4 Å². The molecule has 1 N–H and O–H groups in total. The number of aryl methyl sites for hydroxylation is 2. The van der Waals surface area contributed by atoms with E-state index in [1.54, 1.807) is 34.4 Å². The summed E-state index contributed by atoms with van der Waals surface area (Å²) in [5.41, 5.74) is 0. The van der Waals surface area contributed by atoms with Crippen molar-refractivity contribution in [2.45, 2.75) is 30.1 Å². The summed E-state index contributed by atoms with van der Waals surface area (Å²) in [6.45, 7) is 6.88. The van der Waals surface area contributed by atoms with Crippen molar-refractivity contribution in [1.29, 1.82) is 0 Å². The van der Waals surface area contributed by atoms with Crippen molar-refractivity contribution in [2.24, 2.45) is 0 Å². The molecule has 0 aliphatic carbocycles. The molecule has 5 nitrogen and oxygen atoms in total. The Labute approximate surface area is 128 Å². The van der Waals surface area contributed by atoms with Crippen LogP contribution in [0.25, 0.3) is 10.2 Å². The Morgan fingerprint density at radius 2 is 2.05 bits per heavy atom. The molecule has 0 aliphatic rings. The second-order valence-electron chi connectivity index (χ2n) is 4.15. The molecule has 0 spiro atoms. The number of hydrogen-bond acceptors (Lipinski definition) is 8. The first-order valence-corrected chi connectivity index (χ1v) is 8.60. The van der Waals surface area contributed by atoms with Gasteiger partial charge >= 0.3 is 0 Å². The SMILES string of the molecule is CCNc1nc(Sc2nnc(C)s2)c2cc(C)sc2n1. The number of rotatable bonds is 4. The Bertz CT molecular complexity index is 749. The van der Waals surface area contributed by atoms with E-state index in [2.05, 4.69) is 38.5 Å². The molecule has 0 fully saturated rings. The Kier molecular flexibility index (Phi) is 3.86. The molecule has 0 amide bonds. The van der Waals surface area contributed by atoms with Crippen molar-refractivity contribution in [1.82, 2.24) is 20.2 Å². The number of nitrogens with zero attached hydrogens (tertiary/aromatic N) is 4. The zero-order valence-corrected chi connectivity index (χ0v) is 13.7. The van der Waals surface area contributed by atoms with E-state index in [1.165, 1.54) is 4.88 Å². The van der Waals surface area contributed by atoms with Gasteiger partial charge in [0.1, 0.15) is 14.9 Å². The van der Waals surface area contributed by atoms with Crippen molar-refractivity contribution in [3.05, 3.63) is 16.0 Å². The van der Waals surface area contributed by atoms with Gasteiger partial charge in [-0.3, -0.25) is 0 Å². The molecule has 0 bridgehead atoms. The number of aromatic nitrogens is 4. The van der Waals surface area contributed by atoms with Gasteiger partial charge in [0, 0.05) is 16.8 Å². The molecule has 3 aromatic rings. The number of nitrogens with one attached hydrogen (secondary N) is 1. The van der Waals surface area contributed by atoms with Gasteiger partial charge in [-0.1, -0.05) is 11.3 Å². The second kappa shape index (κ2) is 5.63. The molecule has 0 atom stereocenters. The molecule has 20 heavy (non-hydrogen) atoms. The minimum atomic E-state index is 0.672. The lowest BCUT2D eigenvalue weighted by atomic mass is 10.4. The van der Waals surface area contributed by atoms with E-state index in [9.17, 15) is 0 Å². The number of hydrogen-bond donors (Lipinski definition) is 1. The van der Waals surface area contributed by atoms with Crippen molar-refractivity contribution in [2.75, 3.05) is 11.9 Å². The van der Waals surface area contributed by atoms with Gasteiger partial charge in [0.15, 0.2) is 4.34 Å². The predicted molar refractivity (Wildman–Crippen MR) is 85.1 cm³/mol. The highest BCUT2D eigenvalue weighted by Gasteiger charge is 2.13. The van der Waals surface area contributed by atoms with Gasteiger partial charge in [0.05, 0.1) is 0 Å². The first-order chi connectivity index (χ1) is 9.65. The average Bonchev–Trinajstić information content (AvgIpc) is 2.95. The smallest absolute Gasteiger partial charge is 0.225 e. The zero-order valence-electron chi connectivity index (χ0n) is 11.3. The van der Waals surface area contributed by atoms with Crippen molar-refractivity contribution in [3.63, 3.8) is 0 Å². The molecular weight excluding hydrogens is 310 g/mol. The average molecular weight is 323 g/mol. The van der Waals surface area contributed by atoms with Crippen LogP contribution in [0.3, 0.4) is 0 Å². The quantitative estimate of drug-likeness (QED) is 0.738. The van der Waals surface area contributed by atoms with Crippen molar-refractivity contribution in [3.8, 4) is 0 Å². The van der Waals surface area contributed by atoms with Crippen LogP contribution < -0.4 is 5.32 Å². The summed E-state index contributed by atoms with van der Waals surface area (Å²) in [5, 5.41) is 14.4. The van der Waals surface area contributed by atoms with Gasteiger partial charge in [-0.05, 0) is 38.6 Å². The van der Waals surface area contributed by atoms with E-state index in [0.29, 0.717) is 5.95 Å². The topological polar surface area (TPSA) is 63.6 Å². The van der Waals surface area contributed by atoms with Crippen LogP contribution >= 0.6 is 34.4 Å². The van der Waals surface area contributed by atoms with Gasteiger partial charge in [-0.2, -0.15) is 0 Å². The van der Waals surface area contributed by atoms with E-state index < -0.39 is 0 Å². The van der Waals surface area contributed by atoms with Crippen molar-refractivity contribution < 1.29 is 0 Å². The van der Waals surface area contributed by atoms with E-state index in [0.717, 1.165) is 31.1 Å². The summed E-state index contributed by atoms with van der Waals surface area (Å²) in [5.74, 6) is 0.672. The van der Waals surface area contributed by atoms with E-state index in [-0.39, 0.29) is 0 Å². The summed E-state index contributed by atoms with van der Waals surface area (Å²) >= 11 is 4.82. The Morgan fingerprint density at radius 1 is 1.20 bits per heavy atom. The Morgan fingerprint density at radius 3 is 2.75 bits per heavy atom. The summed E-state index contributed by atoms with van der Waals surface area (Å²) in [4.78, 5) is 11.4. The highest BCUT2D eigenvalue weighted by molar-refractivity contribution is 8.01. The van der Waals surface area contributed by atoms with Crippen LogP contribution in [0.1, 0.15) is 16.8 Å². The highest BCUT2D eigenvalue weighted by atomic mass is 32.2. The lowest BCUT2D eigenvalue weighted by Crippen LogP contribution is -2.02. The fourth-order valence-electron chi connectivity index (χ4n) is 1.73. The summed E-state index contributed by atoms with van der Waals surface area (Å²) in [6.07, 6.45) is 0. The first-order valence-electron chi connectivity index (χ1n) is 6.15. The van der Waals surface area contributed by atoms with Crippen LogP contribution in [-0.4, -0.2) is 26.7 Å². The van der Waals surface area contributed by atoms with Crippen LogP contribution in [-0.2, 0) is 0 Å². The number of thiophene rings is 1. The standard InChI is InChI=1S/C12H13N5S3/c1-4-13-11-14-9-8(5-6(2)18-9)10(15-11)20-12-17-16-7(3)19-12/h5H,4H2,1-3H3,(H,13,14,15). The molecular formula is C12H13N5S3. The molecule has 104 valence electrons. The third-order valence-corrected chi connectivity index (χ3v) is 5.35. The third-order valence-electron chi connectivity index (χ3n) is 2.51. The lowest BCUT2D eigenvalue weighted by Gasteiger charge is -2.04. The Balaban J connectivity index is 2.06. The summed E-state index contributed by atoms with van der Waals surface area (Å²) in [7, 11) is 0. The molecule has 3 rings (SSSR count). The van der Waals surface area contributed by atoms with Crippen LogP contribution in [0.4, 0.5) is 5.95 Å². The van der Waals surface area contributed by atoms with Crippen LogP contribution in [0.5, 0.6) is 0 Å². The van der Waals surface area contributed by atoms with Gasteiger partial charge in [0.25, 0.3) is 0 Å². The maximum atomic E-state index is 4.59. The van der Waals surface area contributed by atoms with Crippen LogP contribution in [0, 0.1) is 13.8 Å².